The zero-order chi connectivity index (χ0) is 13.8. The number of nitrogens with zero attached hydrogens (tertiary/aromatic N) is 1. The number of aryl methyl sites for hydroxylation is 1. The number of carbonyl (C=O) groups is 1. The highest BCUT2D eigenvalue weighted by Gasteiger charge is 2.28. The van der Waals surface area contributed by atoms with Gasteiger partial charge in [0.2, 0.25) is 5.91 Å². The molecule has 1 aromatic rings. The second kappa shape index (κ2) is 6.01. The van der Waals surface area contributed by atoms with Crippen LogP contribution in [0, 0.1) is 5.41 Å². The van der Waals surface area contributed by atoms with E-state index in [0.717, 1.165) is 12.0 Å². The zero-order valence-corrected chi connectivity index (χ0v) is 11.9. The summed E-state index contributed by atoms with van der Waals surface area (Å²) < 4.78 is 0. The third-order valence-electron chi connectivity index (χ3n) is 3.29. The third-order valence-corrected chi connectivity index (χ3v) is 3.29. The second-order valence-electron chi connectivity index (χ2n) is 5.42. The molecule has 0 saturated heterocycles. The van der Waals surface area contributed by atoms with Crippen LogP contribution >= 0.6 is 0 Å². The Kier molecular flexibility index (Phi) is 4.91. The Morgan fingerprint density at radius 3 is 2.17 bits per heavy atom. The van der Waals surface area contributed by atoms with Gasteiger partial charge in [-0.25, -0.2) is 0 Å². The highest BCUT2D eigenvalue weighted by Crippen LogP contribution is 2.18. The molecular weight excluding hydrogens is 224 g/mol. The molecule has 0 aromatic heterocycles. The Hall–Kier alpha value is -1.35. The summed E-state index contributed by atoms with van der Waals surface area (Å²) in [6.07, 6.45) is 1.04. The van der Waals surface area contributed by atoms with E-state index in [1.165, 1.54) is 5.56 Å². The van der Waals surface area contributed by atoms with Crippen molar-refractivity contribution >= 4 is 5.91 Å². The minimum Gasteiger partial charge on any atom is -0.341 e. The van der Waals surface area contributed by atoms with Gasteiger partial charge in [-0.1, -0.05) is 31.2 Å². The lowest BCUT2D eigenvalue weighted by molar-refractivity contribution is -0.139. The molecule has 0 unspecified atom stereocenters. The lowest BCUT2D eigenvalue weighted by Gasteiger charge is -2.28. The average Bonchev–Trinajstić information content (AvgIpc) is 2.38. The SMILES string of the molecule is CCc1ccc(CN(C)C(=O)C(C)(C)CN)cc1. The summed E-state index contributed by atoms with van der Waals surface area (Å²) in [5.74, 6) is 0.0876. The van der Waals surface area contributed by atoms with Gasteiger partial charge in [-0.2, -0.15) is 0 Å². The molecule has 1 aromatic carbocycles. The molecule has 0 aliphatic heterocycles. The fraction of sp³-hybridized carbons (Fsp3) is 0.533. The maximum Gasteiger partial charge on any atom is 0.229 e. The number of hydrogen-bond acceptors (Lipinski definition) is 2. The Morgan fingerprint density at radius 1 is 1.22 bits per heavy atom. The number of nitrogens with two attached hydrogens (primary N) is 1. The normalized spacial score (nSPS) is 11.4. The van der Waals surface area contributed by atoms with E-state index >= 15 is 0 Å². The van der Waals surface area contributed by atoms with Gasteiger partial charge in [-0.3, -0.25) is 4.79 Å². The quantitative estimate of drug-likeness (QED) is 0.868. The Labute approximate surface area is 110 Å². The summed E-state index contributed by atoms with van der Waals surface area (Å²) in [4.78, 5) is 13.9. The van der Waals surface area contributed by atoms with Crippen molar-refractivity contribution in [3.63, 3.8) is 0 Å². The van der Waals surface area contributed by atoms with Crippen LogP contribution in [0.15, 0.2) is 24.3 Å². The van der Waals surface area contributed by atoms with Gasteiger partial charge in [-0.15, -0.1) is 0 Å². The molecule has 0 heterocycles. The lowest BCUT2D eigenvalue weighted by Crippen LogP contribution is -2.42. The highest BCUT2D eigenvalue weighted by molar-refractivity contribution is 5.81. The summed E-state index contributed by atoms with van der Waals surface area (Å²) in [6.45, 7) is 6.89. The molecule has 0 aliphatic carbocycles. The monoisotopic (exact) mass is 248 g/mol. The minimum absolute atomic E-state index is 0.0876. The van der Waals surface area contributed by atoms with Crippen molar-refractivity contribution in [3.05, 3.63) is 35.4 Å². The van der Waals surface area contributed by atoms with Gasteiger partial charge >= 0.3 is 0 Å². The first-order chi connectivity index (χ1) is 8.40. The van der Waals surface area contributed by atoms with Crippen LogP contribution in [-0.4, -0.2) is 24.4 Å². The topological polar surface area (TPSA) is 46.3 Å². The van der Waals surface area contributed by atoms with Crippen LogP contribution in [0.25, 0.3) is 0 Å². The first kappa shape index (κ1) is 14.7. The molecule has 0 spiro atoms. The fourth-order valence-corrected chi connectivity index (χ4v) is 1.83. The second-order valence-corrected chi connectivity index (χ2v) is 5.42. The van der Waals surface area contributed by atoms with Gasteiger partial charge in [0, 0.05) is 20.1 Å². The van der Waals surface area contributed by atoms with E-state index in [9.17, 15) is 4.79 Å². The Bertz CT molecular complexity index is 395. The third kappa shape index (κ3) is 3.57. The molecule has 100 valence electrons. The van der Waals surface area contributed by atoms with Crippen molar-refractivity contribution < 1.29 is 4.79 Å². The molecule has 0 bridgehead atoms. The van der Waals surface area contributed by atoms with E-state index in [2.05, 4.69) is 31.2 Å². The number of benzene rings is 1. The molecule has 0 fully saturated rings. The van der Waals surface area contributed by atoms with E-state index < -0.39 is 5.41 Å². The first-order valence-corrected chi connectivity index (χ1v) is 6.44. The van der Waals surface area contributed by atoms with Crippen LogP contribution in [0.2, 0.25) is 0 Å². The number of rotatable bonds is 5. The standard InChI is InChI=1S/C15H24N2O/c1-5-12-6-8-13(9-7-12)10-17(4)14(18)15(2,3)11-16/h6-9H,5,10-11,16H2,1-4H3. The largest absolute Gasteiger partial charge is 0.341 e. The predicted octanol–water partition coefficient (Wildman–Crippen LogP) is 2.19. The van der Waals surface area contributed by atoms with Crippen LogP contribution in [0.3, 0.4) is 0 Å². The van der Waals surface area contributed by atoms with Crippen molar-refractivity contribution in [1.82, 2.24) is 4.90 Å². The predicted molar refractivity (Wildman–Crippen MR) is 75.1 cm³/mol. The van der Waals surface area contributed by atoms with Crippen molar-refractivity contribution in [2.24, 2.45) is 11.1 Å². The van der Waals surface area contributed by atoms with Gasteiger partial charge < -0.3 is 10.6 Å². The molecule has 3 nitrogen and oxygen atoms in total. The van der Waals surface area contributed by atoms with Crippen LogP contribution in [0.5, 0.6) is 0 Å². The van der Waals surface area contributed by atoms with Crippen LogP contribution < -0.4 is 5.73 Å². The Balaban J connectivity index is 2.69. The van der Waals surface area contributed by atoms with Gasteiger partial charge in [0.25, 0.3) is 0 Å². The summed E-state index contributed by atoms with van der Waals surface area (Å²) in [6, 6.07) is 8.39. The van der Waals surface area contributed by atoms with E-state index in [0.29, 0.717) is 13.1 Å². The van der Waals surface area contributed by atoms with Crippen LogP contribution in [0.4, 0.5) is 0 Å². The molecule has 3 heteroatoms. The van der Waals surface area contributed by atoms with E-state index in [4.69, 9.17) is 5.73 Å². The molecule has 1 rings (SSSR count). The number of hydrogen-bond donors (Lipinski definition) is 1. The molecule has 0 saturated carbocycles. The maximum atomic E-state index is 12.2. The van der Waals surface area contributed by atoms with Crippen molar-refractivity contribution in [2.75, 3.05) is 13.6 Å². The summed E-state index contributed by atoms with van der Waals surface area (Å²) in [5, 5.41) is 0. The zero-order valence-electron chi connectivity index (χ0n) is 11.9. The number of amides is 1. The highest BCUT2D eigenvalue weighted by atomic mass is 16.2. The maximum absolute atomic E-state index is 12.2. The average molecular weight is 248 g/mol. The summed E-state index contributed by atoms with van der Waals surface area (Å²) >= 11 is 0. The lowest BCUT2D eigenvalue weighted by atomic mass is 9.92. The van der Waals surface area contributed by atoms with E-state index in [1.807, 2.05) is 20.9 Å². The van der Waals surface area contributed by atoms with Gasteiger partial charge in [0.05, 0.1) is 5.41 Å². The van der Waals surface area contributed by atoms with E-state index in [-0.39, 0.29) is 5.91 Å². The van der Waals surface area contributed by atoms with Crippen LogP contribution in [0.1, 0.15) is 31.9 Å². The molecule has 0 radical (unpaired) electrons. The van der Waals surface area contributed by atoms with Gasteiger partial charge in [0.15, 0.2) is 0 Å². The van der Waals surface area contributed by atoms with Gasteiger partial charge in [0.1, 0.15) is 0 Å². The molecule has 18 heavy (non-hydrogen) atoms. The summed E-state index contributed by atoms with van der Waals surface area (Å²) in [5.41, 5.74) is 7.60. The molecule has 1 amide bonds. The van der Waals surface area contributed by atoms with Crippen molar-refractivity contribution in [2.45, 2.75) is 33.7 Å². The van der Waals surface area contributed by atoms with Gasteiger partial charge in [-0.05, 0) is 31.4 Å². The smallest absolute Gasteiger partial charge is 0.229 e. The van der Waals surface area contributed by atoms with Crippen molar-refractivity contribution in [3.8, 4) is 0 Å². The Morgan fingerprint density at radius 2 is 1.72 bits per heavy atom. The molecule has 2 N–H and O–H groups in total. The minimum atomic E-state index is -0.488. The molecular formula is C15H24N2O. The fourth-order valence-electron chi connectivity index (χ4n) is 1.83. The van der Waals surface area contributed by atoms with Crippen molar-refractivity contribution in [1.29, 1.82) is 0 Å². The number of carbonyl (C=O) groups excluding carboxylic acids is 1. The molecule has 0 aliphatic rings. The molecule has 0 atom stereocenters. The first-order valence-electron chi connectivity index (χ1n) is 6.44. The van der Waals surface area contributed by atoms with Crippen LogP contribution in [-0.2, 0) is 17.8 Å². The van der Waals surface area contributed by atoms with E-state index in [1.54, 1.807) is 4.90 Å². The summed E-state index contributed by atoms with van der Waals surface area (Å²) in [7, 11) is 1.83.